The third-order valence-corrected chi connectivity index (χ3v) is 4.87. The average Bonchev–Trinajstić information content (AvgIpc) is 3.32. The number of ether oxygens (including phenoxy) is 1. The van der Waals surface area contributed by atoms with E-state index in [2.05, 4.69) is 25.5 Å². The summed E-state index contributed by atoms with van der Waals surface area (Å²) in [6, 6.07) is 7.57. The number of nitrogens with zero attached hydrogens (tertiary/aromatic N) is 2. The first kappa shape index (κ1) is 16.1. The molecule has 25 heavy (non-hydrogen) atoms. The molecule has 0 bridgehead atoms. The summed E-state index contributed by atoms with van der Waals surface area (Å²) < 4.78 is 5.74. The zero-order valence-corrected chi connectivity index (χ0v) is 14.4. The van der Waals surface area contributed by atoms with Crippen molar-refractivity contribution in [3.8, 4) is 0 Å². The van der Waals surface area contributed by atoms with E-state index in [9.17, 15) is 4.79 Å². The van der Waals surface area contributed by atoms with Crippen molar-refractivity contribution in [3.63, 3.8) is 0 Å². The first-order valence-electron chi connectivity index (χ1n) is 8.18. The molecule has 2 atom stereocenters. The number of carbonyl (C=O) groups excluding carboxylic acids is 1. The molecule has 130 valence electrons. The van der Waals surface area contributed by atoms with Crippen molar-refractivity contribution in [3.05, 3.63) is 46.6 Å². The van der Waals surface area contributed by atoms with Crippen molar-refractivity contribution < 1.29 is 9.53 Å². The Morgan fingerprint density at radius 2 is 2.28 bits per heavy atom. The van der Waals surface area contributed by atoms with E-state index in [1.165, 1.54) is 0 Å². The van der Waals surface area contributed by atoms with Crippen molar-refractivity contribution in [2.45, 2.75) is 19.4 Å². The second-order valence-electron chi connectivity index (χ2n) is 6.19. The Hall–Kier alpha value is -2.38. The highest BCUT2D eigenvalue weighted by atomic mass is 35.5. The summed E-state index contributed by atoms with van der Waals surface area (Å²) >= 11 is 6.33. The van der Waals surface area contributed by atoms with Gasteiger partial charge in [-0.2, -0.15) is 5.10 Å². The van der Waals surface area contributed by atoms with Gasteiger partial charge < -0.3 is 15.0 Å². The normalized spacial score (nSPS) is 20.2. The number of H-pyrrole nitrogens is 2. The maximum atomic E-state index is 12.5. The van der Waals surface area contributed by atoms with Gasteiger partial charge in [-0.3, -0.25) is 9.89 Å². The molecule has 1 aliphatic rings. The molecule has 0 unspecified atom stereocenters. The summed E-state index contributed by atoms with van der Waals surface area (Å²) in [4.78, 5) is 20.0. The number of nitrogens with one attached hydrogen (secondary N) is 3. The van der Waals surface area contributed by atoms with Crippen LogP contribution in [0.4, 0.5) is 0 Å². The molecule has 1 fully saturated rings. The Labute approximate surface area is 149 Å². The largest absolute Gasteiger partial charge is 0.370 e. The molecule has 3 aromatic rings. The fourth-order valence-corrected chi connectivity index (χ4v) is 3.49. The SMILES string of the molecule is Cc1nc([C@H]2OCC[C@H]2CNC(=O)c2[nH]c3ccccc3c2Cl)n[nH]1. The topological polar surface area (TPSA) is 95.7 Å². The van der Waals surface area contributed by atoms with Gasteiger partial charge in [-0.15, -0.1) is 0 Å². The Kier molecular flexibility index (Phi) is 4.19. The Morgan fingerprint density at radius 1 is 1.44 bits per heavy atom. The number of aryl methyl sites for hydroxylation is 1. The monoisotopic (exact) mass is 359 g/mol. The summed E-state index contributed by atoms with van der Waals surface area (Å²) in [7, 11) is 0. The van der Waals surface area contributed by atoms with Crippen LogP contribution in [0, 0.1) is 12.8 Å². The lowest BCUT2D eigenvalue weighted by Gasteiger charge is -2.16. The number of para-hydroxylation sites is 1. The quantitative estimate of drug-likeness (QED) is 0.667. The van der Waals surface area contributed by atoms with Gasteiger partial charge in [0.15, 0.2) is 5.82 Å². The summed E-state index contributed by atoms with van der Waals surface area (Å²) in [6.45, 7) is 2.95. The number of halogens is 1. The lowest BCUT2D eigenvalue weighted by molar-refractivity contribution is 0.0797. The third-order valence-electron chi connectivity index (χ3n) is 4.48. The Morgan fingerprint density at radius 3 is 3.04 bits per heavy atom. The van der Waals surface area contributed by atoms with Crippen LogP contribution in [0.2, 0.25) is 5.02 Å². The van der Waals surface area contributed by atoms with Crippen LogP contribution < -0.4 is 5.32 Å². The molecule has 8 heteroatoms. The van der Waals surface area contributed by atoms with E-state index in [1.54, 1.807) is 0 Å². The van der Waals surface area contributed by atoms with Gasteiger partial charge >= 0.3 is 0 Å². The third kappa shape index (κ3) is 3.01. The molecule has 4 rings (SSSR count). The van der Waals surface area contributed by atoms with E-state index >= 15 is 0 Å². The standard InChI is InChI=1S/C17H18ClN5O2/c1-9-20-16(23-22-9)15-10(6-7-25-15)8-19-17(24)14-13(18)11-4-2-3-5-12(11)21-14/h2-5,10,15,21H,6-8H2,1H3,(H,19,24)(H,20,22,23)/t10-,15-/m0/s1. The van der Waals surface area contributed by atoms with E-state index in [4.69, 9.17) is 16.3 Å². The van der Waals surface area contributed by atoms with Crippen molar-refractivity contribution in [1.29, 1.82) is 0 Å². The van der Waals surface area contributed by atoms with Crippen LogP contribution in [-0.2, 0) is 4.74 Å². The number of amides is 1. The second kappa shape index (κ2) is 6.50. The molecule has 2 aromatic heterocycles. The number of hydrogen-bond acceptors (Lipinski definition) is 4. The lowest BCUT2D eigenvalue weighted by atomic mass is 10.0. The zero-order valence-electron chi connectivity index (χ0n) is 13.7. The minimum Gasteiger partial charge on any atom is -0.370 e. The molecule has 0 aliphatic carbocycles. The van der Waals surface area contributed by atoms with Crippen LogP contribution >= 0.6 is 11.6 Å². The fraction of sp³-hybridized carbons (Fsp3) is 0.353. The number of hydrogen-bond donors (Lipinski definition) is 3. The number of benzene rings is 1. The summed E-state index contributed by atoms with van der Waals surface area (Å²) in [5.41, 5.74) is 1.22. The minimum atomic E-state index is -0.224. The number of aromatic amines is 2. The van der Waals surface area contributed by atoms with E-state index in [0.717, 1.165) is 23.1 Å². The highest BCUT2D eigenvalue weighted by Gasteiger charge is 2.33. The van der Waals surface area contributed by atoms with Gasteiger partial charge in [0.25, 0.3) is 5.91 Å². The van der Waals surface area contributed by atoms with Gasteiger partial charge in [0.05, 0.1) is 5.02 Å². The number of rotatable bonds is 4. The number of fused-ring (bicyclic) bond motifs is 1. The van der Waals surface area contributed by atoms with Crippen LogP contribution in [0.5, 0.6) is 0 Å². The first-order valence-corrected chi connectivity index (χ1v) is 8.56. The van der Waals surface area contributed by atoms with E-state index < -0.39 is 0 Å². The predicted molar refractivity (Wildman–Crippen MR) is 93.6 cm³/mol. The number of carbonyl (C=O) groups is 1. The smallest absolute Gasteiger partial charge is 0.269 e. The molecule has 3 N–H and O–H groups in total. The summed E-state index contributed by atoms with van der Waals surface area (Å²) in [5.74, 6) is 1.29. The van der Waals surface area contributed by atoms with Crippen LogP contribution in [-0.4, -0.2) is 39.2 Å². The van der Waals surface area contributed by atoms with Gasteiger partial charge in [0.2, 0.25) is 0 Å². The van der Waals surface area contributed by atoms with Crippen molar-refractivity contribution in [2.75, 3.05) is 13.2 Å². The lowest BCUT2D eigenvalue weighted by Crippen LogP contribution is -2.31. The first-order chi connectivity index (χ1) is 12.1. The molecular weight excluding hydrogens is 342 g/mol. The minimum absolute atomic E-state index is 0.127. The van der Waals surface area contributed by atoms with Gasteiger partial charge in [-0.05, 0) is 19.4 Å². The van der Waals surface area contributed by atoms with Crippen molar-refractivity contribution in [1.82, 2.24) is 25.5 Å². The number of aromatic nitrogens is 4. The van der Waals surface area contributed by atoms with E-state index in [-0.39, 0.29) is 17.9 Å². The van der Waals surface area contributed by atoms with Crippen molar-refractivity contribution >= 4 is 28.4 Å². The van der Waals surface area contributed by atoms with Gasteiger partial charge in [-0.25, -0.2) is 4.98 Å². The molecule has 1 amide bonds. The maximum Gasteiger partial charge on any atom is 0.269 e. The second-order valence-corrected chi connectivity index (χ2v) is 6.57. The van der Waals surface area contributed by atoms with Crippen LogP contribution in [0.1, 0.15) is 34.7 Å². The van der Waals surface area contributed by atoms with Crippen LogP contribution in [0.15, 0.2) is 24.3 Å². The summed E-state index contributed by atoms with van der Waals surface area (Å²) in [6.07, 6.45) is 0.641. The molecule has 1 saturated heterocycles. The van der Waals surface area contributed by atoms with Gasteiger partial charge in [-0.1, -0.05) is 29.8 Å². The molecule has 7 nitrogen and oxygen atoms in total. The molecule has 3 heterocycles. The van der Waals surface area contributed by atoms with Crippen molar-refractivity contribution in [2.24, 2.45) is 5.92 Å². The van der Waals surface area contributed by atoms with Gasteiger partial charge in [0.1, 0.15) is 17.6 Å². The average molecular weight is 360 g/mol. The Balaban J connectivity index is 1.46. The zero-order chi connectivity index (χ0) is 17.4. The highest BCUT2D eigenvalue weighted by molar-refractivity contribution is 6.38. The molecule has 1 aliphatic heterocycles. The molecule has 0 radical (unpaired) electrons. The maximum absolute atomic E-state index is 12.5. The Bertz CT molecular complexity index is 919. The molecule has 0 spiro atoms. The molecule has 1 aromatic carbocycles. The fourth-order valence-electron chi connectivity index (χ4n) is 3.19. The van der Waals surface area contributed by atoms with E-state index in [1.807, 2.05) is 31.2 Å². The van der Waals surface area contributed by atoms with E-state index in [0.29, 0.717) is 29.7 Å². The van der Waals surface area contributed by atoms with Crippen LogP contribution in [0.25, 0.3) is 10.9 Å². The predicted octanol–water partition coefficient (Wildman–Crippen LogP) is 2.76. The van der Waals surface area contributed by atoms with Crippen LogP contribution in [0.3, 0.4) is 0 Å². The summed E-state index contributed by atoms with van der Waals surface area (Å²) in [5, 5.41) is 11.2. The molecular formula is C17H18ClN5O2. The molecule has 0 saturated carbocycles. The highest BCUT2D eigenvalue weighted by Crippen LogP contribution is 2.32. The van der Waals surface area contributed by atoms with Gasteiger partial charge in [0, 0.05) is 30.0 Å².